The van der Waals surface area contributed by atoms with Gasteiger partial charge in [-0.25, -0.2) is 9.97 Å². The molecular formula is C16H19N3. The molecule has 1 aliphatic carbocycles. The molecule has 0 radical (unpaired) electrons. The third-order valence-corrected chi connectivity index (χ3v) is 3.63. The maximum absolute atomic E-state index is 4.76. The lowest BCUT2D eigenvalue weighted by Gasteiger charge is -2.10. The van der Waals surface area contributed by atoms with E-state index in [-0.39, 0.29) is 0 Å². The molecule has 1 N–H and O–H groups in total. The van der Waals surface area contributed by atoms with Crippen LogP contribution in [0, 0.1) is 13.8 Å². The van der Waals surface area contributed by atoms with Crippen LogP contribution in [0.3, 0.4) is 0 Å². The Labute approximate surface area is 114 Å². The van der Waals surface area contributed by atoms with Crippen LogP contribution in [0.25, 0.3) is 11.4 Å². The fourth-order valence-corrected chi connectivity index (χ4v) is 2.28. The number of nitrogens with one attached hydrogen (secondary N) is 1. The van der Waals surface area contributed by atoms with Crippen molar-refractivity contribution >= 4 is 5.82 Å². The van der Waals surface area contributed by atoms with Gasteiger partial charge in [0.05, 0.1) is 0 Å². The molecule has 0 saturated heterocycles. The zero-order valence-corrected chi connectivity index (χ0v) is 11.7. The maximum atomic E-state index is 4.76. The molecule has 2 aromatic rings. The monoisotopic (exact) mass is 253 g/mol. The number of hydrogen-bond donors (Lipinski definition) is 1. The minimum absolute atomic E-state index is 0.638. The lowest BCUT2D eigenvalue weighted by atomic mass is 10.0. The molecule has 0 aliphatic heterocycles. The zero-order valence-electron chi connectivity index (χ0n) is 11.7. The van der Waals surface area contributed by atoms with Crippen molar-refractivity contribution in [1.82, 2.24) is 9.97 Å². The molecule has 3 nitrogen and oxygen atoms in total. The number of anilines is 1. The largest absolute Gasteiger partial charge is 0.373 e. The maximum Gasteiger partial charge on any atom is 0.162 e. The molecule has 98 valence electrons. The second kappa shape index (κ2) is 4.65. The lowest BCUT2D eigenvalue weighted by Crippen LogP contribution is -2.01. The van der Waals surface area contributed by atoms with Crippen LogP contribution in [-0.4, -0.2) is 17.0 Å². The van der Waals surface area contributed by atoms with Crippen molar-refractivity contribution < 1.29 is 0 Å². The van der Waals surface area contributed by atoms with E-state index in [0.717, 1.165) is 17.2 Å². The second-order valence-corrected chi connectivity index (χ2v) is 5.34. The highest BCUT2D eigenvalue weighted by Crippen LogP contribution is 2.40. The Kier molecular flexibility index (Phi) is 2.97. The van der Waals surface area contributed by atoms with Crippen molar-refractivity contribution in [1.29, 1.82) is 0 Å². The molecule has 1 fully saturated rings. The smallest absolute Gasteiger partial charge is 0.162 e. The number of rotatable bonds is 3. The van der Waals surface area contributed by atoms with Gasteiger partial charge in [0.1, 0.15) is 5.82 Å². The minimum atomic E-state index is 0.638. The van der Waals surface area contributed by atoms with Crippen molar-refractivity contribution in [2.45, 2.75) is 32.6 Å². The standard InChI is InChI=1S/C16H19N3/c1-10-4-5-11(2)13(8-10)16-18-14(12-6-7-12)9-15(17-3)19-16/h4-5,8-9,12H,6-7H2,1-3H3,(H,17,18,19). The van der Waals surface area contributed by atoms with Crippen LogP contribution < -0.4 is 5.32 Å². The zero-order chi connectivity index (χ0) is 13.4. The van der Waals surface area contributed by atoms with Crippen molar-refractivity contribution in [2.75, 3.05) is 12.4 Å². The first-order chi connectivity index (χ1) is 9.17. The van der Waals surface area contributed by atoms with Gasteiger partial charge in [-0.15, -0.1) is 0 Å². The highest BCUT2D eigenvalue weighted by Gasteiger charge is 2.26. The average Bonchev–Trinajstić information content (AvgIpc) is 3.25. The fraction of sp³-hybridized carbons (Fsp3) is 0.375. The molecule has 0 amide bonds. The Balaban J connectivity index is 2.12. The SMILES string of the molecule is CNc1cc(C2CC2)nc(-c2cc(C)ccc2C)n1. The summed E-state index contributed by atoms with van der Waals surface area (Å²) in [5, 5.41) is 3.14. The van der Waals surface area contributed by atoms with Gasteiger partial charge in [-0.2, -0.15) is 0 Å². The molecule has 19 heavy (non-hydrogen) atoms. The van der Waals surface area contributed by atoms with Crippen LogP contribution in [-0.2, 0) is 0 Å². The van der Waals surface area contributed by atoms with Crippen LogP contribution in [0.4, 0.5) is 5.82 Å². The van der Waals surface area contributed by atoms with Crippen molar-refractivity contribution in [3.8, 4) is 11.4 Å². The van der Waals surface area contributed by atoms with Crippen molar-refractivity contribution in [2.24, 2.45) is 0 Å². The first-order valence-electron chi connectivity index (χ1n) is 6.81. The summed E-state index contributed by atoms with van der Waals surface area (Å²) in [5.74, 6) is 2.39. The molecular weight excluding hydrogens is 234 g/mol. The number of nitrogens with zero attached hydrogens (tertiary/aromatic N) is 2. The Morgan fingerprint density at radius 3 is 2.58 bits per heavy atom. The van der Waals surface area contributed by atoms with Crippen LogP contribution in [0.15, 0.2) is 24.3 Å². The van der Waals surface area contributed by atoms with Gasteiger partial charge >= 0.3 is 0 Å². The Hall–Kier alpha value is -1.90. The van der Waals surface area contributed by atoms with E-state index in [1.165, 1.54) is 29.7 Å². The number of aromatic nitrogens is 2. The van der Waals surface area contributed by atoms with Gasteiger partial charge in [0, 0.05) is 30.3 Å². The van der Waals surface area contributed by atoms with Crippen LogP contribution in [0.2, 0.25) is 0 Å². The molecule has 1 aromatic carbocycles. The molecule has 1 heterocycles. The summed E-state index contributed by atoms with van der Waals surface area (Å²) in [5.41, 5.74) is 4.78. The van der Waals surface area contributed by atoms with Gasteiger partial charge in [0.15, 0.2) is 5.82 Å². The van der Waals surface area contributed by atoms with E-state index >= 15 is 0 Å². The third kappa shape index (κ3) is 2.46. The Bertz CT molecular complexity index is 615. The normalized spacial score (nSPS) is 14.5. The van der Waals surface area contributed by atoms with E-state index in [2.05, 4.69) is 48.4 Å². The summed E-state index contributed by atoms with van der Waals surface area (Å²) in [6.45, 7) is 4.22. The van der Waals surface area contributed by atoms with Crippen molar-refractivity contribution in [3.63, 3.8) is 0 Å². The molecule has 0 atom stereocenters. The molecule has 1 aromatic heterocycles. The molecule has 1 aliphatic rings. The second-order valence-electron chi connectivity index (χ2n) is 5.34. The van der Waals surface area contributed by atoms with Gasteiger partial charge in [-0.05, 0) is 38.3 Å². The van der Waals surface area contributed by atoms with E-state index in [1.807, 2.05) is 7.05 Å². The summed E-state index contributed by atoms with van der Waals surface area (Å²) in [4.78, 5) is 9.38. The van der Waals surface area contributed by atoms with E-state index < -0.39 is 0 Å². The molecule has 0 bridgehead atoms. The third-order valence-electron chi connectivity index (χ3n) is 3.63. The van der Waals surface area contributed by atoms with Crippen molar-refractivity contribution in [3.05, 3.63) is 41.1 Å². The summed E-state index contributed by atoms with van der Waals surface area (Å²) >= 11 is 0. The van der Waals surface area contributed by atoms with E-state index in [9.17, 15) is 0 Å². The number of aryl methyl sites for hydroxylation is 2. The molecule has 0 spiro atoms. The molecule has 3 rings (SSSR count). The highest BCUT2D eigenvalue weighted by atomic mass is 15.0. The topological polar surface area (TPSA) is 37.8 Å². The number of benzene rings is 1. The van der Waals surface area contributed by atoms with E-state index in [1.54, 1.807) is 0 Å². The van der Waals surface area contributed by atoms with Gasteiger partial charge in [0.25, 0.3) is 0 Å². The predicted octanol–water partition coefficient (Wildman–Crippen LogP) is 3.68. The quantitative estimate of drug-likeness (QED) is 0.906. The summed E-state index contributed by atoms with van der Waals surface area (Å²) in [6.07, 6.45) is 2.51. The van der Waals surface area contributed by atoms with Crippen LogP contribution in [0.5, 0.6) is 0 Å². The van der Waals surface area contributed by atoms with Gasteiger partial charge in [-0.3, -0.25) is 0 Å². The molecule has 0 unspecified atom stereocenters. The Morgan fingerprint density at radius 1 is 1.11 bits per heavy atom. The van der Waals surface area contributed by atoms with Crippen LogP contribution >= 0.6 is 0 Å². The molecule has 1 saturated carbocycles. The minimum Gasteiger partial charge on any atom is -0.373 e. The first-order valence-corrected chi connectivity index (χ1v) is 6.81. The lowest BCUT2D eigenvalue weighted by molar-refractivity contribution is 0.993. The number of hydrogen-bond acceptors (Lipinski definition) is 3. The van der Waals surface area contributed by atoms with Gasteiger partial charge in [0.2, 0.25) is 0 Å². The van der Waals surface area contributed by atoms with E-state index in [4.69, 9.17) is 4.98 Å². The fourth-order valence-electron chi connectivity index (χ4n) is 2.28. The van der Waals surface area contributed by atoms with Gasteiger partial charge < -0.3 is 5.32 Å². The first kappa shape index (κ1) is 12.2. The molecule has 3 heteroatoms. The Morgan fingerprint density at radius 2 is 1.89 bits per heavy atom. The predicted molar refractivity (Wildman–Crippen MR) is 78.5 cm³/mol. The summed E-state index contributed by atoms with van der Waals surface area (Å²) < 4.78 is 0. The average molecular weight is 253 g/mol. The summed E-state index contributed by atoms with van der Waals surface area (Å²) in [7, 11) is 1.91. The summed E-state index contributed by atoms with van der Waals surface area (Å²) in [6, 6.07) is 8.51. The van der Waals surface area contributed by atoms with Crippen LogP contribution in [0.1, 0.15) is 35.6 Å². The van der Waals surface area contributed by atoms with E-state index in [0.29, 0.717) is 5.92 Å². The van der Waals surface area contributed by atoms with Gasteiger partial charge in [-0.1, -0.05) is 17.7 Å². The highest BCUT2D eigenvalue weighted by molar-refractivity contribution is 5.63.